The van der Waals surface area contributed by atoms with Crippen molar-refractivity contribution in [2.45, 2.75) is 33.0 Å². The van der Waals surface area contributed by atoms with Crippen LogP contribution in [0, 0.1) is 0 Å². The molecule has 2 aromatic rings. The Balaban J connectivity index is 1.99. The maximum absolute atomic E-state index is 5.63. The van der Waals surface area contributed by atoms with Crippen LogP contribution >= 0.6 is 0 Å². The van der Waals surface area contributed by atoms with Crippen molar-refractivity contribution in [2.24, 2.45) is 5.73 Å². The molecule has 0 saturated heterocycles. The molecule has 1 aromatic carbocycles. The summed E-state index contributed by atoms with van der Waals surface area (Å²) >= 11 is 0. The number of anilines is 1. The Morgan fingerprint density at radius 1 is 1.20 bits per heavy atom. The summed E-state index contributed by atoms with van der Waals surface area (Å²) in [6, 6.07) is 9.96. The molecule has 0 aliphatic carbocycles. The second kappa shape index (κ2) is 6.86. The number of benzene rings is 1. The number of nitrogens with one attached hydrogen (secondary N) is 1. The molecule has 1 heterocycles. The molecule has 3 N–H and O–H groups in total. The number of rotatable bonds is 6. The smallest absolute Gasteiger partial charge is 0.218 e. The minimum absolute atomic E-state index is 0.0963. The number of aromatic nitrogens is 2. The maximum Gasteiger partial charge on any atom is 0.218 e. The third kappa shape index (κ3) is 4.20. The summed E-state index contributed by atoms with van der Waals surface area (Å²) in [6.07, 6.45) is 1.59. The van der Waals surface area contributed by atoms with Crippen LogP contribution in [0.25, 0.3) is 0 Å². The zero-order valence-electron chi connectivity index (χ0n) is 11.8. The summed E-state index contributed by atoms with van der Waals surface area (Å²) in [5.41, 5.74) is 7.92. The summed E-state index contributed by atoms with van der Waals surface area (Å²) in [7, 11) is 0. The van der Waals surface area contributed by atoms with E-state index in [2.05, 4.69) is 27.4 Å². The average molecular weight is 272 g/mol. The summed E-state index contributed by atoms with van der Waals surface area (Å²) in [4.78, 5) is 8.25. The first-order valence-corrected chi connectivity index (χ1v) is 6.68. The molecule has 1 aromatic heterocycles. The van der Waals surface area contributed by atoms with Gasteiger partial charge in [0.05, 0.1) is 6.10 Å². The van der Waals surface area contributed by atoms with E-state index >= 15 is 0 Å². The molecule has 2 rings (SSSR count). The Kier molecular flexibility index (Phi) is 4.90. The molecule has 5 heteroatoms. The van der Waals surface area contributed by atoms with Crippen LogP contribution in [0.4, 0.5) is 5.82 Å². The molecule has 20 heavy (non-hydrogen) atoms. The Hall–Kier alpha value is -2.14. The summed E-state index contributed by atoms with van der Waals surface area (Å²) in [5, 5.41) is 3.25. The SMILES string of the molecule is CC(C)Oc1cc(NCc2cccc(CN)c2)ncn1. The summed E-state index contributed by atoms with van der Waals surface area (Å²) < 4.78 is 5.54. The second-order valence-corrected chi connectivity index (χ2v) is 4.79. The van der Waals surface area contributed by atoms with Gasteiger partial charge in [0.2, 0.25) is 5.88 Å². The molecule has 0 bridgehead atoms. The fourth-order valence-electron chi connectivity index (χ4n) is 1.80. The molecular weight excluding hydrogens is 252 g/mol. The normalized spacial score (nSPS) is 10.6. The van der Waals surface area contributed by atoms with Crippen molar-refractivity contribution in [3.8, 4) is 5.88 Å². The number of hydrogen-bond acceptors (Lipinski definition) is 5. The topological polar surface area (TPSA) is 73.1 Å². The Morgan fingerprint density at radius 3 is 2.75 bits per heavy atom. The van der Waals surface area contributed by atoms with Gasteiger partial charge in [-0.2, -0.15) is 0 Å². The predicted octanol–water partition coefficient (Wildman–Crippen LogP) is 2.33. The third-order valence-electron chi connectivity index (χ3n) is 2.70. The van der Waals surface area contributed by atoms with Crippen LogP contribution < -0.4 is 15.8 Å². The second-order valence-electron chi connectivity index (χ2n) is 4.79. The van der Waals surface area contributed by atoms with Crippen LogP contribution in [0.2, 0.25) is 0 Å². The molecule has 0 radical (unpaired) electrons. The molecule has 0 saturated carbocycles. The number of ether oxygens (including phenoxy) is 1. The van der Waals surface area contributed by atoms with Gasteiger partial charge in [-0.25, -0.2) is 9.97 Å². The molecule has 0 unspecified atom stereocenters. The lowest BCUT2D eigenvalue weighted by atomic mass is 10.1. The molecule has 0 amide bonds. The largest absolute Gasteiger partial charge is 0.475 e. The van der Waals surface area contributed by atoms with Gasteiger partial charge in [0.15, 0.2) is 0 Å². The van der Waals surface area contributed by atoms with Gasteiger partial charge < -0.3 is 15.8 Å². The average Bonchev–Trinajstić information content (AvgIpc) is 2.45. The van der Waals surface area contributed by atoms with Gasteiger partial charge in [0, 0.05) is 19.2 Å². The summed E-state index contributed by atoms with van der Waals surface area (Å²) in [6.45, 7) is 5.17. The monoisotopic (exact) mass is 272 g/mol. The first kappa shape index (κ1) is 14.3. The molecule has 0 fully saturated rings. The lowest BCUT2D eigenvalue weighted by Crippen LogP contribution is -2.08. The van der Waals surface area contributed by atoms with Crippen LogP contribution in [0.5, 0.6) is 5.88 Å². The van der Waals surface area contributed by atoms with Crippen LogP contribution in [0.3, 0.4) is 0 Å². The van der Waals surface area contributed by atoms with Crippen molar-refractivity contribution >= 4 is 5.82 Å². The van der Waals surface area contributed by atoms with E-state index < -0.39 is 0 Å². The van der Waals surface area contributed by atoms with Gasteiger partial charge in [-0.1, -0.05) is 24.3 Å². The quantitative estimate of drug-likeness (QED) is 0.844. The van der Waals surface area contributed by atoms with Crippen molar-refractivity contribution in [1.29, 1.82) is 0 Å². The number of nitrogens with zero attached hydrogens (tertiary/aromatic N) is 2. The Labute approximate surface area is 119 Å². The highest BCUT2D eigenvalue weighted by atomic mass is 16.5. The molecule has 0 aliphatic heterocycles. The van der Waals surface area contributed by atoms with E-state index in [4.69, 9.17) is 10.5 Å². The van der Waals surface area contributed by atoms with E-state index in [0.717, 1.165) is 16.9 Å². The van der Waals surface area contributed by atoms with Crippen LogP contribution in [0.15, 0.2) is 36.7 Å². The van der Waals surface area contributed by atoms with E-state index in [1.54, 1.807) is 6.07 Å². The minimum Gasteiger partial charge on any atom is -0.475 e. The van der Waals surface area contributed by atoms with Crippen LogP contribution in [0.1, 0.15) is 25.0 Å². The van der Waals surface area contributed by atoms with Crippen molar-refractivity contribution in [1.82, 2.24) is 9.97 Å². The van der Waals surface area contributed by atoms with Gasteiger partial charge in [-0.15, -0.1) is 0 Å². The van der Waals surface area contributed by atoms with E-state index in [0.29, 0.717) is 19.0 Å². The van der Waals surface area contributed by atoms with Gasteiger partial charge in [-0.3, -0.25) is 0 Å². The van der Waals surface area contributed by atoms with Gasteiger partial charge >= 0.3 is 0 Å². The molecule has 5 nitrogen and oxygen atoms in total. The highest BCUT2D eigenvalue weighted by Gasteiger charge is 2.02. The molecule has 0 spiro atoms. The Morgan fingerprint density at radius 2 is 2.00 bits per heavy atom. The van der Waals surface area contributed by atoms with Crippen molar-refractivity contribution in [2.75, 3.05) is 5.32 Å². The molecule has 0 aliphatic rings. The lowest BCUT2D eigenvalue weighted by molar-refractivity contribution is 0.232. The lowest BCUT2D eigenvalue weighted by Gasteiger charge is -2.10. The van der Waals surface area contributed by atoms with E-state index in [-0.39, 0.29) is 6.10 Å². The first-order chi connectivity index (χ1) is 9.67. The van der Waals surface area contributed by atoms with E-state index in [9.17, 15) is 0 Å². The van der Waals surface area contributed by atoms with E-state index in [1.807, 2.05) is 26.0 Å². The zero-order valence-corrected chi connectivity index (χ0v) is 11.8. The van der Waals surface area contributed by atoms with Crippen molar-refractivity contribution < 1.29 is 4.74 Å². The minimum atomic E-state index is 0.0963. The summed E-state index contributed by atoms with van der Waals surface area (Å²) in [5.74, 6) is 1.32. The molecule has 0 atom stereocenters. The van der Waals surface area contributed by atoms with Gasteiger partial charge in [0.25, 0.3) is 0 Å². The number of nitrogens with two attached hydrogens (primary N) is 1. The first-order valence-electron chi connectivity index (χ1n) is 6.68. The standard InChI is InChI=1S/C15H20N4O/c1-11(2)20-15-7-14(18-10-19-15)17-9-13-5-3-4-12(6-13)8-16/h3-7,10-11H,8-9,16H2,1-2H3,(H,17,18,19). The predicted molar refractivity (Wildman–Crippen MR) is 79.5 cm³/mol. The fourth-order valence-corrected chi connectivity index (χ4v) is 1.80. The van der Waals surface area contributed by atoms with Gasteiger partial charge in [-0.05, 0) is 25.0 Å². The van der Waals surface area contributed by atoms with Crippen molar-refractivity contribution in [3.05, 3.63) is 47.8 Å². The van der Waals surface area contributed by atoms with Crippen LogP contribution in [-0.4, -0.2) is 16.1 Å². The molecular formula is C15H20N4O. The molecule has 106 valence electrons. The highest BCUT2D eigenvalue weighted by molar-refractivity contribution is 5.38. The highest BCUT2D eigenvalue weighted by Crippen LogP contribution is 2.14. The zero-order chi connectivity index (χ0) is 14.4. The van der Waals surface area contributed by atoms with Crippen molar-refractivity contribution in [3.63, 3.8) is 0 Å². The van der Waals surface area contributed by atoms with Crippen LogP contribution in [-0.2, 0) is 13.1 Å². The van der Waals surface area contributed by atoms with Gasteiger partial charge in [0.1, 0.15) is 12.1 Å². The fraction of sp³-hybridized carbons (Fsp3) is 0.333. The maximum atomic E-state index is 5.63. The third-order valence-corrected chi connectivity index (χ3v) is 2.70. The Bertz CT molecular complexity index is 557. The number of hydrogen-bond donors (Lipinski definition) is 2. The van der Waals surface area contributed by atoms with E-state index in [1.165, 1.54) is 6.33 Å².